The molecule has 3 heterocycles. The molecule has 0 aliphatic carbocycles. The quantitative estimate of drug-likeness (QED) is 0.714. The van der Waals surface area contributed by atoms with Gasteiger partial charge in [0.1, 0.15) is 5.82 Å². The van der Waals surface area contributed by atoms with Crippen molar-refractivity contribution >= 4 is 29.0 Å². The number of aliphatic hydroxyl groups is 2. The summed E-state index contributed by atoms with van der Waals surface area (Å²) < 4.78 is 0. The van der Waals surface area contributed by atoms with Crippen LogP contribution in [0.4, 0.5) is 10.6 Å². The number of rotatable bonds is 5. The van der Waals surface area contributed by atoms with Crippen molar-refractivity contribution in [3.63, 3.8) is 0 Å². The van der Waals surface area contributed by atoms with Crippen LogP contribution in [0.5, 0.6) is 0 Å². The molecule has 0 bridgehead atoms. The molecule has 0 fully saturated rings. The van der Waals surface area contributed by atoms with E-state index in [1.54, 1.807) is 29.4 Å². The Hall–Kier alpha value is -2.48. The Labute approximate surface area is 168 Å². The van der Waals surface area contributed by atoms with E-state index in [-0.39, 0.29) is 12.6 Å². The van der Waals surface area contributed by atoms with Crippen LogP contribution in [0.1, 0.15) is 23.2 Å². The molecule has 0 aromatic carbocycles. The topological polar surface area (TPSA) is 98.6 Å². The van der Waals surface area contributed by atoms with Crippen LogP contribution in [0.15, 0.2) is 36.7 Å². The molecular weight excluding hydrogens is 380 g/mol. The van der Waals surface area contributed by atoms with Gasteiger partial charge in [-0.1, -0.05) is 23.7 Å². The van der Waals surface area contributed by atoms with E-state index in [4.69, 9.17) is 16.7 Å². The molecule has 1 aliphatic rings. The van der Waals surface area contributed by atoms with Crippen molar-refractivity contribution in [2.24, 2.45) is 0 Å². The first-order chi connectivity index (χ1) is 13.5. The number of anilines is 1. The minimum Gasteiger partial charge on any atom is -0.394 e. The van der Waals surface area contributed by atoms with Crippen LogP contribution in [0, 0.1) is 6.92 Å². The van der Waals surface area contributed by atoms with E-state index in [9.17, 15) is 9.90 Å². The van der Waals surface area contributed by atoms with Gasteiger partial charge in [-0.3, -0.25) is 10.3 Å². The number of hydrogen-bond donors (Lipinski definition) is 3. The molecule has 2 aromatic heterocycles. The second-order valence-corrected chi connectivity index (χ2v) is 7.20. The van der Waals surface area contributed by atoms with Crippen molar-refractivity contribution < 1.29 is 15.0 Å². The number of halogens is 1. The third-order valence-electron chi connectivity index (χ3n) is 4.53. The van der Waals surface area contributed by atoms with Gasteiger partial charge in [-0.05, 0) is 42.2 Å². The Balaban J connectivity index is 1.63. The van der Waals surface area contributed by atoms with Crippen LogP contribution in [0.25, 0.3) is 5.57 Å². The Morgan fingerprint density at radius 2 is 2.18 bits per heavy atom. The highest BCUT2D eigenvalue weighted by Crippen LogP contribution is 2.28. The third-order valence-corrected chi connectivity index (χ3v) is 4.81. The summed E-state index contributed by atoms with van der Waals surface area (Å²) in [6.07, 6.45) is 5.42. The van der Waals surface area contributed by atoms with Crippen LogP contribution in [0.2, 0.25) is 5.02 Å². The maximum atomic E-state index is 12.4. The van der Waals surface area contributed by atoms with Crippen molar-refractivity contribution in [3.8, 4) is 0 Å². The van der Waals surface area contributed by atoms with E-state index in [1.807, 2.05) is 19.1 Å². The predicted molar refractivity (Wildman–Crippen MR) is 108 cm³/mol. The highest BCUT2D eigenvalue weighted by molar-refractivity contribution is 6.32. The van der Waals surface area contributed by atoms with E-state index in [1.165, 1.54) is 0 Å². The van der Waals surface area contributed by atoms with Crippen LogP contribution in [-0.2, 0) is 6.42 Å². The molecule has 1 unspecified atom stereocenters. The van der Waals surface area contributed by atoms with Gasteiger partial charge in [-0.15, -0.1) is 0 Å². The summed E-state index contributed by atoms with van der Waals surface area (Å²) in [5.74, 6) is 0.524. The number of pyridine rings is 2. The lowest BCUT2D eigenvalue weighted by molar-refractivity contribution is 0.0954. The number of nitrogens with zero attached hydrogens (tertiary/aromatic N) is 3. The normalized spacial score (nSPS) is 15.1. The van der Waals surface area contributed by atoms with E-state index < -0.39 is 6.10 Å². The smallest absolute Gasteiger partial charge is 0.323 e. The SMILES string of the molecule is Cc1ccc(NC(=O)N2CC=C(c3ncc(CC(O)CO)cc3Cl)CC2)nc1. The molecule has 8 heteroatoms. The van der Waals surface area contributed by atoms with Crippen molar-refractivity contribution in [1.82, 2.24) is 14.9 Å². The molecular formula is C20H23ClN4O3. The summed E-state index contributed by atoms with van der Waals surface area (Å²) in [7, 11) is 0. The van der Waals surface area contributed by atoms with Crippen molar-refractivity contribution in [3.05, 3.63) is 58.5 Å². The molecule has 7 nitrogen and oxygen atoms in total. The Kier molecular flexibility index (Phi) is 6.61. The Morgan fingerprint density at radius 3 is 2.79 bits per heavy atom. The summed E-state index contributed by atoms with van der Waals surface area (Å²) in [6, 6.07) is 5.23. The van der Waals surface area contributed by atoms with Gasteiger partial charge in [0, 0.05) is 31.9 Å². The van der Waals surface area contributed by atoms with Crippen LogP contribution < -0.4 is 5.32 Å². The minimum absolute atomic E-state index is 0.195. The lowest BCUT2D eigenvalue weighted by atomic mass is 10.0. The molecule has 0 radical (unpaired) electrons. The monoisotopic (exact) mass is 402 g/mol. The largest absolute Gasteiger partial charge is 0.394 e. The zero-order chi connectivity index (χ0) is 20.1. The average molecular weight is 403 g/mol. The number of carbonyl (C=O) groups excluding carboxylic acids is 1. The lowest BCUT2D eigenvalue weighted by Gasteiger charge is -2.26. The maximum Gasteiger partial charge on any atom is 0.323 e. The standard InChI is InChI=1S/C20H23ClN4O3/c1-13-2-3-18(22-10-13)24-20(28)25-6-4-15(5-7-25)19-17(21)9-14(11-23-19)8-16(27)12-26/h2-4,9-11,16,26-27H,5-8,12H2,1H3,(H,22,24,28). The zero-order valence-corrected chi connectivity index (χ0v) is 16.4. The second kappa shape index (κ2) is 9.14. The minimum atomic E-state index is -0.826. The van der Waals surface area contributed by atoms with Gasteiger partial charge >= 0.3 is 6.03 Å². The first-order valence-corrected chi connectivity index (χ1v) is 9.45. The molecule has 0 saturated heterocycles. The average Bonchev–Trinajstić information content (AvgIpc) is 2.70. The molecule has 3 N–H and O–H groups in total. The maximum absolute atomic E-state index is 12.4. The predicted octanol–water partition coefficient (Wildman–Crippen LogP) is 2.66. The van der Waals surface area contributed by atoms with Crippen molar-refractivity contribution in [2.75, 3.05) is 25.0 Å². The number of aryl methyl sites for hydroxylation is 1. The number of aliphatic hydroxyl groups excluding tert-OH is 2. The highest BCUT2D eigenvalue weighted by Gasteiger charge is 2.20. The molecule has 1 atom stereocenters. The fourth-order valence-corrected chi connectivity index (χ4v) is 3.27. The third kappa shape index (κ3) is 5.07. The van der Waals surface area contributed by atoms with Gasteiger partial charge in [-0.2, -0.15) is 0 Å². The molecule has 2 aromatic rings. The van der Waals surface area contributed by atoms with Crippen LogP contribution >= 0.6 is 11.6 Å². The van der Waals surface area contributed by atoms with E-state index in [2.05, 4.69) is 15.3 Å². The fraction of sp³-hybridized carbons (Fsp3) is 0.350. The zero-order valence-electron chi connectivity index (χ0n) is 15.6. The van der Waals surface area contributed by atoms with Crippen LogP contribution in [0.3, 0.4) is 0 Å². The summed E-state index contributed by atoms with van der Waals surface area (Å²) >= 11 is 6.36. The number of nitrogens with one attached hydrogen (secondary N) is 1. The number of carbonyl (C=O) groups is 1. The molecule has 2 amide bonds. The van der Waals surface area contributed by atoms with Gasteiger partial charge in [0.15, 0.2) is 0 Å². The number of hydrogen-bond acceptors (Lipinski definition) is 5. The Bertz CT molecular complexity index is 870. The van der Waals surface area contributed by atoms with E-state index in [0.29, 0.717) is 42.5 Å². The van der Waals surface area contributed by atoms with E-state index >= 15 is 0 Å². The number of amides is 2. The molecule has 148 valence electrons. The Morgan fingerprint density at radius 1 is 1.36 bits per heavy atom. The van der Waals surface area contributed by atoms with Crippen molar-refractivity contribution in [2.45, 2.75) is 25.9 Å². The summed E-state index contributed by atoms with van der Waals surface area (Å²) in [5, 5.41) is 21.8. The lowest BCUT2D eigenvalue weighted by Crippen LogP contribution is -2.38. The van der Waals surface area contributed by atoms with Gasteiger partial charge < -0.3 is 15.1 Å². The van der Waals surface area contributed by atoms with Gasteiger partial charge in [0.2, 0.25) is 0 Å². The first-order valence-electron chi connectivity index (χ1n) is 9.07. The summed E-state index contributed by atoms with van der Waals surface area (Å²) in [4.78, 5) is 22.7. The first kappa shape index (κ1) is 20.3. The van der Waals surface area contributed by atoms with Gasteiger partial charge in [-0.25, -0.2) is 9.78 Å². The molecule has 3 rings (SSSR count). The molecule has 1 aliphatic heterocycles. The summed E-state index contributed by atoms with van der Waals surface area (Å²) in [6.45, 7) is 2.64. The second-order valence-electron chi connectivity index (χ2n) is 6.79. The van der Waals surface area contributed by atoms with Crippen molar-refractivity contribution in [1.29, 1.82) is 0 Å². The number of urea groups is 1. The van der Waals surface area contributed by atoms with Crippen LogP contribution in [-0.4, -0.2) is 56.9 Å². The number of aromatic nitrogens is 2. The molecule has 28 heavy (non-hydrogen) atoms. The highest BCUT2D eigenvalue weighted by atomic mass is 35.5. The van der Waals surface area contributed by atoms with E-state index in [0.717, 1.165) is 16.7 Å². The summed E-state index contributed by atoms with van der Waals surface area (Å²) in [5.41, 5.74) is 3.46. The molecule has 0 saturated carbocycles. The van der Waals surface area contributed by atoms with Gasteiger partial charge in [0.25, 0.3) is 0 Å². The fourth-order valence-electron chi connectivity index (χ4n) is 2.96. The molecule has 0 spiro atoms. The van der Waals surface area contributed by atoms with Gasteiger partial charge in [0.05, 0.1) is 23.4 Å².